The van der Waals surface area contributed by atoms with Crippen LogP contribution < -0.4 is 15.6 Å². The Bertz CT molecular complexity index is 1900. The van der Waals surface area contributed by atoms with Gasteiger partial charge in [0.15, 0.2) is 0 Å². The summed E-state index contributed by atoms with van der Waals surface area (Å²) < 4.78 is 5.16. The van der Waals surface area contributed by atoms with Gasteiger partial charge in [-0.3, -0.25) is 14.7 Å². The van der Waals surface area contributed by atoms with Gasteiger partial charge in [0.05, 0.1) is 36.0 Å². The number of carbonyl (C=O) groups excluding carboxylic acids is 1. The fraction of sp³-hybridized carbons (Fsp3) is 0.0667. The highest BCUT2D eigenvalue weighted by Crippen LogP contribution is 2.36. The lowest BCUT2D eigenvalue weighted by atomic mass is 9.97. The van der Waals surface area contributed by atoms with Crippen molar-refractivity contribution in [3.63, 3.8) is 0 Å². The van der Waals surface area contributed by atoms with E-state index in [4.69, 9.17) is 21.3 Å². The van der Waals surface area contributed by atoms with E-state index in [9.17, 15) is 9.59 Å². The van der Waals surface area contributed by atoms with E-state index in [1.165, 1.54) is 0 Å². The second kappa shape index (κ2) is 10.1. The van der Waals surface area contributed by atoms with E-state index >= 15 is 0 Å². The Morgan fingerprint density at radius 3 is 2.54 bits per heavy atom. The molecule has 0 aliphatic heterocycles. The lowest BCUT2D eigenvalue weighted by molar-refractivity contribution is -0.115. The van der Waals surface area contributed by atoms with Gasteiger partial charge in [-0.05, 0) is 47.5 Å². The number of pyridine rings is 2. The molecule has 0 saturated heterocycles. The number of nitrogens with zero attached hydrogens (tertiary/aromatic N) is 2. The molecule has 6 aromatic rings. The van der Waals surface area contributed by atoms with Gasteiger partial charge in [0, 0.05) is 21.9 Å². The average molecular weight is 536 g/mol. The van der Waals surface area contributed by atoms with E-state index in [1.807, 2.05) is 60.7 Å². The molecule has 3 heterocycles. The largest absolute Gasteiger partial charge is 0.497 e. The predicted molar refractivity (Wildman–Crippen MR) is 153 cm³/mol. The monoisotopic (exact) mass is 535 g/mol. The minimum absolute atomic E-state index is 0.112. The number of hydrogen-bond acceptors (Lipinski definition) is 5. The summed E-state index contributed by atoms with van der Waals surface area (Å²) in [7, 11) is 1.58. The molecule has 0 bridgehead atoms. The molecule has 39 heavy (non-hydrogen) atoms. The number of anilines is 1. The number of benzene rings is 3. The van der Waals surface area contributed by atoms with E-state index in [0.29, 0.717) is 27.5 Å². The summed E-state index contributed by atoms with van der Waals surface area (Å²) in [6.07, 6.45) is 1.83. The van der Waals surface area contributed by atoms with E-state index in [0.717, 1.165) is 33.2 Å². The van der Waals surface area contributed by atoms with Crippen molar-refractivity contribution in [2.45, 2.75) is 6.42 Å². The number of H-pyrrole nitrogens is 2. The Labute approximate surface area is 227 Å². The van der Waals surface area contributed by atoms with Crippen molar-refractivity contribution >= 4 is 45.1 Å². The summed E-state index contributed by atoms with van der Waals surface area (Å²) in [4.78, 5) is 33.3. The van der Waals surface area contributed by atoms with Gasteiger partial charge in [0.1, 0.15) is 17.1 Å². The maximum Gasteiger partial charge on any atom is 0.273 e. The fourth-order valence-corrected chi connectivity index (χ4v) is 4.83. The summed E-state index contributed by atoms with van der Waals surface area (Å²) in [5.74, 6) is 0.396. The van der Waals surface area contributed by atoms with Crippen molar-refractivity contribution in [3.05, 3.63) is 106 Å². The molecule has 0 saturated carbocycles. The molecule has 8 nitrogen and oxygen atoms in total. The van der Waals surface area contributed by atoms with Crippen LogP contribution in [0.25, 0.3) is 44.3 Å². The number of aromatic nitrogens is 4. The Morgan fingerprint density at radius 2 is 1.77 bits per heavy atom. The van der Waals surface area contributed by atoms with Crippen molar-refractivity contribution in [2.24, 2.45) is 0 Å². The number of hydrogen-bond donors (Lipinski definition) is 3. The Kier molecular flexibility index (Phi) is 6.30. The van der Waals surface area contributed by atoms with Gasteiger partial charge >= 0.3 is 0 Å². The number of halogens is 1. The first-order valence-electron chi connectivity index (χ1n) is 12.2. The zero-order chi connectivity index (χ0) is 26.9. The molecule has 0 aliphatic rings. The summed E-state index contributed by atoms with van der Waals surface area (Å²) in [5, 5.41) is 11.8. The molecule has 0 fully saturated rings. The highest BCUT2D eigenvalue weighted by atomic mass is 35.5. The van der Waals surface area contributed by atoms with Crippen LogP contribution in [0.5, 0.6) is 5.75 Å². The maximum atomic E-state index is 12.9. The first-order chi connectivity index (χ1) is 19.0. The van der Waals surface area contributed by atoms with Gasteiger partial charge < -0.3 is 15.0 Å². The Balaban J connectivity index is 1.42. The van der Waals surface area contributed by atoms with Gasteiger partial charge in [0.25, 0.3) is 5.56 Å². The number of amides is 1. The van der Waals surface area contributed by atoms with Crippen LogP contribution in [0.3, 0.4) is 0 Å². The smallest absolute Gasteiger partial charge is 0.273 e. The molecule has 0 unspecified atom stereocenters. The summed E-state index contributed by atoms with van der Waals surface area (Å²) in [6.45, 7) is 0. The average Bonchev–Trinajstić information content (AvgIpc) is 3.43. The van der Waals surface area contributed by atoms with Gasteiger partial charge in [-0.25, -0.2) is 4.98 Å². The van der Waals surface area contributed by atoms with Crippen LogP contribution in [0.4, 0.5) is 5.69 Å². The molecule has 0 spiro atoms. The number of aromatic amines is 2. The van der Waals surface area contributed by atoms with Crippen molar-refractivity contribution < 1.29 is 9.53 Å². The number of rotatable bonds is 6. The molecule has 3 aromatic carbocycles. The topological polar surface area (TPSA) is 113 Å². The highest BCUT2D eigenvalue weighted by molar-refractivity contribution is 6.35. The number of fused-ring (bicyclic) bond motifs is 2. The number of carbonyl (C=O) groups is 1. The van der Waals surface area contributed by atoms with Crippen LogP contribution in [0.15, 0.2) is 89.9 Å². The second-order valence-electron chi connectivity index (χ2n) is 9.07. The standard InChI is InChI=1S/C30H22ClN5O3/c1-39-22-9-7-17(8-10-22)11-26(37)33-25-15-20-13-23(19-12-21-16-32-36-28(21)24(31)14-19)27(18-5-3-2-4-6-18)34-29(20)35-30(25)38/h2-10,12-16H,11H2,1H3,(H,32,36)(H,33,37)(H,34,35,38). The Hall–Kier alpha value is -4.95. The minimum Gasteiger partial charge on any atom is -0.497 e. The molecule has 1 amide bonds. The molecule has 3 aromatic heterocycles. The summed E-state index contributed by atoms with van der Waals surface area (Å²) >= 11 is 6.56. The van der Waals surface area contributed by atoms with Crippen LogP contribution in [0.1, 0.15) is 5.56 Å². The van der Waals surface area contributed by atoms with Crippen LogP contribution in [-0.4, -0.2) is 33.2 Å². The zero-order valence-corrected chi connectivity index (χ0v) is 21.5. The van der Waals surface area contributed by atoms with E-state index in [1.54, 1.807) is 31.5 Å². The molecular formula is C30H22ClN5O3. The van der Waals surface area contributed by atoms with Crippen molar-refractivity contribution in [3.8, 4) is 28.1 Å². The van der Waals surface area contributed by atoms with Crippen molar-refractivity contribution in [1.29, 1.82) is 0 Å². The first-order valence-corrected chi connectivity index (χ1v) is 12.6. The van der Waals surface area contributed by atoms with Gasteiger partial charge in [0.2, 0.25) is 5.91 Å². The van der Waals surface area contributed by atoms with Gasteiger partial charge in [-0.2, -0.15) is 5.10 Å². The molecule has 0 atom stereocenters. The molecule has 9 heteroatoms. The SMILES string of the molecule is COc1ccc(CC(=O)Nc2cc3cc(-c4cc(Cl)c5[nH]ncc5c4)c(-c4ccccc4)nc3[nH]c2=O)cc1. The molecule has 3 N–H and O–H groups in total. The second-order valence-corrected chi connectivity index (χ2v) is 9.47. The highest BCUT2D eigenvalue weighted by Gasteiger charge is 2.16. The number of methoxy groups -OCH3 is 1. The summed E-state index contributed by atoms with van der Waals surface area (Å²) in [5.41, 5.74) is 4.91. The lowest BCUT2D eigenvalue weighted by Crippen LogP contribution is -2.21. The third-order valence-electron chi connectivity index (χ3n) is 6.49. The van der Waals surface area contributed by atoms with E-state index < -0.39 is 5.56 Å². The molecular weight excluding hydrogens is 514 g/mol. The first kappa shape index (κ1) is 24.4. The van der Waals surface area contributed by atoms with E-state index in [-0.39, 0.29) is 18.0 Å². The van der Waals surface area contributed by atoms with Gasteiger partial charge in [-0.15, -0.1) is 0 Å². The summed E-state index contributed by atoms with van der Waals surface area (Å²) in [6, 6.07) is 24.3. The van der Waals surface area contributed by atoms with Crippen LogP contribution >= 0.6 is 11.6 Å². The zero-order valence-electron chi connectivity index (χ0n) is 20.8. The molecule has 0 radical (unpaired) electrons. The van der Waals surface area contributed by atoms with Crippen LogP contribution in [0, 0.1) is 0 Å². The number of nitrogens with one attached hydrogen (secondary N) is 3. The number of ether oxygens (including phenoxy) is 1. The van der Waals surface area contributed by atoms with Crippen LogP contribution in [0.2, 0.25) is 5.02 Å². The molecule has 6 rings (SSSR count). The third kappa shape index (κ3) is 4.85. The lowest BCUT2D eigenvalue weighted by Gasteiger charge is -2.13. The predicted octanol–water partition coefficient (Wildman–Crippen LogP) is 5.98. The van der Waals surface area contributed by atoms with E-state index in [2.05, 4.69) is 20.5 Å². The van der Waals surface area contributed by atoms with Crippen molar-refractivity contribution in [1.82, 2.24) is 20.2 Å². The normalized spacial score (nSPS) is 11.1. The maximum absolute atomic E-state index is 12.9. The molecule has 192 valence electrons. The van der Waals surface area contributed by atoms with Crippen molar-refractivity contribution in [2.75, 3.05) is 12.4 Å². The third-order valence-corrected chi connectivity index (χ3v) is 6.78. The minimum atomic E-state index is -0.437. The van der Waals surface area contributed by atoms with Gasteiger partial charge in [-0.1, -0.05) is 54.1 Å². The molecule has 0 aliphatic carbocycles. The Morgan fingerprint density at radius 1 is 0.974 bits per heavy atom. The van der Waals surface area contributed by atoms with Crippen LogP contribution in [-0.2, 0) is 11.2 Å². The quantitative estimate of drug-likeness (QED) is 0.243. The fourth-order valence-electron chi connectivity index (χ4n) is 4.56.